The molecule has 0 radical (unpaired) electrons. The van der Waals surface area contributed by atoms with Crippen molar-refractivity contribution in [2.24, 2.45) is 5.92 Å². The van der Waals surface area contributed by atoms with Crippen molar-refractivity contribution in [1.29, 1.82) is 0 Å². The van der Waals surface area contributed by atoms with Crippen LogP contribution in [0.3, 0.4) is 0 Å². The molecule has 2 saturated heterocycles. The molecule has 1 aromatic rings. The topological polar surface area (TPSA) is 41.6 Å². The van der Waals surface area contributed by atoms with E-state index in [1.165, 1.54) is 5.56 Å². The zero-order valence-corrected chi connectivity index (χ0v) is 12.1. The maximum atomic E-state index is 11.9. The van der Waals surface area contributed by atoms with Gasteiger partial charge < -0.3 is 15.0 Å². The number of piperidine rings is 1. The Hall–Kier alpha value is -1.55. The smallest absolute Gasteiger partial charge is 0.219 e. The van der Waals surface area contributed by atoms with Crippen molar-refractivity contribution in [2.75, 3.05) is 26.7 Å². The van der Waals surface area contributed by atoms with Crippen molar-refractivity contribution in [3.05, 3.63) is 29.8 Å². The van der Waals surface area contributed by atoms with E-state index in [1.54, 1.807) is 14.0 Å². The Morgan fingerprint density at radius 3 is 2.75 bits per heavy atom. The van der Waals surface area contributed by atoms with Crippen molar-refractivity contribution in [1.82, 2.24) is 10.2 Å². The summed E-state index contributed by atoms with van der Waals surface area (Å²) < 4.78 is 5.22. The number of carbonyl (C=O) groups excluding carboxylic acids is 1. The predicted molar refractivity (Wildman–Crippen MR) is 77.9 cm³/mol. The molecule has 1 N–H and O–H groups in total. The van der Waals surface area contributed by atoms with E-state index in [1.807, 2.05) is 12.1 Å². The highest BCUT2D eigenvalue weighted by molar-refractivity contribution is 5.74. The fourth-order valence-electron chi connectivity index (χ4n) is 3.71. The molecule has 2 aliphatic rings. The number of ether oxygens (including phenoxy) is 1. The molecule has 0 aromatic heterocycles. The highest BCUT2D eigenvalue weighted by Gasteiger charge is 2.44. The SMILES string of the molecule is COc1ccc([C@H]2CN(C(C)=O)C3CCNCC32)cc1. The third kappa shape index (κ3) is 2.29. The lowest BCUT2D eigenvalue weighted by Gasteiger charge is -2.32. The van der Waals surface area contributed by atoms with Gasteiger partial charge in [-0.05, 0) is 30.7 Å². The molecule has 1 amide bonds. The maximum Gasteiger partial charge on any atom is 0.219 e. The number of nitrogens with one attached hydrogen (secondary N) is 1. The van der Waals surface area contributed by atoms with E-state index in [2.05, 4.69) is 22.3 Å². The van der Waals surface area contributed by atoms with Gasteiger partial charge in [-0.25, -0.2) is 0 Å². The second kappa shape index (κ2) is 5.44. The van der Waals surface area contributed by atoms with Gasteiger partial charge in [0.2, 0.25) is 5.91 Å². The van der Waals surface area contributed by atoms with E-state index < -0.39 is 0 Å². The number of carbonyl (C=O) groups is 1. The lowest BCUT2D eigenvalue weighted by molar-refractivity contribution is -0.130. The van der Waals surface area contributed by atoms with Gasteiger partial charge in [0.25, 0.3) is 0 Å². The minimum Gasteiger partial charge on any atom is -0.497 e. The zero-order valence-electron chi connectivity index (χ0n) is 12.1. The van der Waals surface area contributed by atoms with E-state index in [0.29, 0.717) is 17.9 Å². The quantitative estimate of drug-likeness (QED) is 0.891. The summed E-state index contributed by atoms with van der Waals surface area (Å²) in [7, 11) is 1.68. The van der Waals surface area contributed by atoms with Gasteiger partial charge in [-0.3, -0.25) is 4.79 Å². The summed E-state index contributed by atoms with van der Waals surface area (Å²) in [6, 6.07) is 8.70. The van der Waals surface area contributed by atoms with Crippen LogP contribution in [0.15, 0.2) is 24.3 Å². The molecule has 2 aliphatic heterocycles. The first-order valence-electron chi connectivity index (χ1n) is 7.32. The molecule has 0 saturated carbocycles. The average Bonchev–Trinajstić information content (AvgIpc) is 2.87. The number of hydrogen-bond acceptors (Lipinski definition) is 3. The van der Waals surface area contributed by atoms with Crippen molar-refractivity contribution >= 4 is 5.91 Å². The van der Waals surface area contributed by atoms with Crippen LogP contribution < -0.4 is 10.1 Å². The number of nitrogens with zero attached hydrogens (tertiary/aromatic N) is 1. The van der Waals surface area contributed by atoms with Crippen LogP contribution in [0.5, 0.6) is 5.75 Å². The Balaban J connectivity index is 1.86. The Morgan fingerprint density at radius 1 is 1.35 bits per heavy atom. The van der Waals surface area contributed by atoms with Crippen LogP contribution in [0.1, 0.15) is 24.8 Å². The number of methoxy groups -OCH3 is 1. The van der Waals surface area contributed by atoms with E-state index in [0.717, 1.165) is 31.8 Å². The van der Waals surface area contributed by atoms with E-state index in [9.17, 15) is 4.79 Å². The Bertz CT molecular complexity index is 486. The second-order valence-corrected chi connectivity index (χ2v) is 5.78. The van der Waals surface area contributed by atoms with Crippen LogP contribution >= 0.6 is 0 Å². The first kappa shape index (κ1) is 13.4. The average molecular weight is 274 g/mol. The van der Waals surface area contributed by atoms with Crippen molar-refractivity contribution in [3.63, 3.8) is 0 Å². The fraction of sp³-hybridized carbons (Fsp3) is 0.562. The molecular formula is C16H22N2O2. The van der Waals surface area contributed by atoms with Gasteiger partial charge in [-0.2, -0.15) is 0 Å². The first-order chi connectivity index (χ1) is 9.70. The van der Waals surface area contributed by atoms with Gasteiger partial charge >= 0.3 is 0 Å². The molecule has 2 unspecified atom stereocenters. The Kier molecular flexibility index (Phi) is 3.66. The van der Waals surface area contributed by atoms with E-state index >= 15 is 0 Å². The number of amides is 1. The molecule has 3 atom stereocenters. The number of benzene rings is 1. The summed E-state index contributed by atoms with van der Waals surface area (Å²) in [5.74, 6) is 2.05. The van der Waals surface area contributed by atoms with Crippen LogP contribution in [-0.4, -0.2) is 43.6 Å². The van der Waals surface area contributed by atoms with Crippen molar-refractivity contribution in [2.45, 2.75) is 25.3 Å². The largest absolute Gasteiger partial charge is 0.497 e. The molecule has 4 heteroatoms. The highest BCUT2D eigenvalue weighted by atomic mass is 16.5. The van der Waals surface area contributed by atoms with Crippen molar-refractivity contribution < 1.29 is 9.53 Å². The molecule has 0 aliphatic carbocycles. The molecule has 3 rings (SSSR count). The molecule has 2 heterocycles. The van der Waals surface area contributed by atoms with Crippen LogP contribution in [0.4, 0.5) is 0 Å². The Labute approximate surface area is 120 Å². The molecule has 0 bridgehead atoms. The van der Waals surface area contributed by atoms with Gasteiger partial charge in [0, 0.05) is 37.9 Å². The summed E-state index contributed by atoms with van der Waals surface area (Å²) in [5, 5.41) is 3.48. The molecule has 0 spiro atoms. The van der Waals surface area contributed by atoms with Gasteiger partial charge in [0.1, 0.15) is 5.75 Å². The molecule has 108 valence electrons. The number of fused-ring (bicyclic) bond motifs is 1. The molecule has 1 aromatic carbocycles. The Morgan fingerprint density at radius 2 is 2.10 bits per heavy atom. The van der Waals surface area contributed by atoms with Crippen LogP contribution in [0.2, 0.25) is 0 Å². The lowest BCUT2D eigenvalue weighted by Crippen LogP contribution is -2.45. The second-order valence-electron chi connectivity index (χ2n) is 5.78. The third-order valence-corrected chi connectivity index (χ3v) is 4.75. The normalized spacial score (nSPS) is 29.1. The maximum absolute atomic E-state index is 11.9. The number of likely N-dealkylation sites (tertiary alicyclic amines) is 1. The van der Waals surface area contributed by atoms with Crippen LogP contribution in [0, 0.1) is 5.92 Å². The molecular weight excluding hydrogens is 252 g/mol. The van der Waals surface area contributed by atoms with E-state index in [-0.39, 0.29) is 5.91 Å². The zero-order chi connectivity index (χ0) is 14.1. The first-order valence-corrected chi connectivity index (χ1v) is 7.32. The molecule has 4 nitrogen and oxygen atoms in total. The summed E-state index contributed by atoms with van der Waals surface area (Å²) >= 11 is 0. The van der Waals surface area contributed by atoms with Gasteiger partial charge in [0.15, 0.2) is 0 Å². The standard InChI is InChI=1S/C16H22N2O2/c1-11(19)18-10-15(14-9-17-8-7-16(14)18)12-3-5-13(20-2)6-4-12/h3-6,14-17H,7-10H2,1-2H3/t14?,15-,16?/m1/s1. The summed E-state index contributed by atoms with van der Waals surface area (Å²) in [6.45, 7) is 4.56. The lowest BCUT2D eigenvalue weighted by atomic mass is 9.82. The number of rotatable bonds is 2. The minimum absolute atomic E-state index is 0.206. The highest BCUT2D eigenvalue weighted by Crippen LogP contribution is 2.40. The van der Waals surface area contributed by atoms with Gasteiger partial charge in [-0.15, -0.1) is 0 Å². The monoisotopic (exact) mass is 274 g/mol. The van der Waals surface area contributed by atoms with Gasteiger partial charge in [-0.1, -0.05) is 12.1 Å². The summed E-state index contributed by atoms with van der Waals surface area (Å²) in [4.78, 5) is 13.9. The third-order valence-electron chi connectivity index (χ3n) is 4.75. The van der Waals surface area contributed by atoms with Crippen LogP contribution in [-0.2, 0) is 4.79 Å². The summed E-state index contributed by atoms with van der Waals surface area (Å²) in [5.41, 5.74) is 1.31. The number of hydrogen-bond donors (Lipinski definition) is 1. The summed E-state index contributed by atoms with van der Waals surface area (Å²) in [6.07, 6.45) is 1.07. The predicted octanol–water partition coefficient (Wildman–Crippen LogP) is 1.62. The van der Waals surface area contributed by atoms with E-state index in [4.69, 9.17) is 4.74 Å². The van der Waals surface area contributed by atoms with Crippen molar-refractivity contribution in [3.8, 4) is 5.75 Å². The molecule has 20 heavy (non-hydrogen) atoms. The minimum atomic E-state index is 0.206. The van der Waals surface area contributed by atoms with Gasteiger partial charge in [0.05, 0.1) is 7.11 Å². The van der Waals surface area contributed by atoms with Crippen LogP contribution in [0.25, 0.3) is 0 Å². The molecule has 2 fully saturated rings. The fourth-order valence-corrected chi connectivity index (χ4v) is 3.71.